The van der Waals surface area contributed by atoms with Gasteiger partial charge in [-0.1, -0.05) is 53.5 Å². The molecule has 0 bridgehead atoms. The number of carbonyl (C=O) groups excluding carboxylic acids is 2. The number of amides is 2. The fourth-order valence-electron chi connectivity index (χ4n) is 3.44. The van der Waals surface area contributed by atoms with E-state index in [0.29, 0.717) is 41.7 Å². The van der Waals surface area contributed by atoms with Gasteiger partial charge in [-0.3, -0.25) is 15.0 Å². The topological polar surface area (TPSA) is 67.9 Å². The lowest BCUT2D eigenvalue weighted by atomic mass is 10.1. The highest BCUT2D eigenvalue weighted by Crippen LogP contribution is 2.35. The van der Waals surface area contributed by atoms with Crippen molar-refractivity contribution in [1.29, 1.82) is 0 Å². The van der Waals surface area contributed by atoms with Crippen LogP contribution in [0.25, 0.3) is 6.08 Å². The molecule has 8 heteroatoms. The van der Waals surface area contributed by atoms with E-state index in [4.69, 9.17) is 32.7 Å². The van der Waals surface area contributed by atoms with Gasteiger partial charge in [0.15, 0.2) is 0 Å². The first kappa shape index (κ1) is 23.7. The Labute approximate surface area is 207 Å². The van der Waals surface area contributed by atoms with Crippen molar-refractivity contribution in [3.8, 4) is 11.5 Å². The molecule has 0 aliphatic carbocycles. The van der Waals surface area contributed by atoms with E-state index >= 15 is 0 Å². The van der Waals surface area contributed by atoms with Gasteiger partial charge in [-0.25, -0.2) is 5.01 Å². The molecular formula is C26H22Cl2N2O4. The molecular weight excluding hydrogens is 475 g/mol. The molecule has 34 heavy (non-hydrogen) atoms. The molecule has 174 valence electrons. The van der Waals surface area contributed by atoms with Gasteiger partial charge in [-0.15, -0.1) is 0 Å². The fraction of sp³-hybridized carbons (Fsp3) is 0.154. The van der Waals surface area contributed by atoms with Crippen LogP contribution in [0.5, 0.6) is 11.5 Å². The van der Waals surface area contributed by atoms with Crippen LogP contribution in [0, 0.1) is 6.92 Å². The van der Waals surface area contributed by atoms with Crippen LogP contribution in [-0.4, -0.2) is 25.0 Å². The van der Waals surface area contributed by atoms with E-state index in [2.05, 4.69) is 5.43 Å². The zero-order valence-electron chi connectivity index (χ0n) is 18.4. The van der Waals surface area contributed by atoms with Crippen LogP contribution in [0.3, 0.4) is 0 Å². The molecule has 1 N–H and O–H groups in total. The number of ether oxygens (including phenoxy) is 2. The summed E-state index contributed by atoms with van der Waals surface area (Å²) in [5, 5.41) is 1.84. The first-order valence-electron chi connectivity index (χ1n) is 10.7. The molecule has 0 atom stereocenters. The zero-order chi connectivity index (χ0) is 24.1. The molecule has 3 aromatic rings. The van der Waals surface area contributed by atoms with Crippen molar-refractivity contribution in [2.75, 3.05) is 18.2 Å². The Hall–Kier alpha value is -3.48. The van der Waals surface area contributed by atoms with Gasteiger partial charge in [-0.2, -0.15) is 0 Å². The smallest absolute Gasteiger partial charge is 0.282 e. The maximum absolute atomic E-state index is 12.9. The van der Waals surface area contributed by atoms with E-state index in [1.165, 1.54) is 11.1 Å². The molecule has 4 rings (SSSR count). The van der Waals surface area contributed by atoms with Crippen molar-refractivity contribution >= 4 is 46.8 Å². The van der Waals surface area contributed by atoms with Crippen LogP contribution in [0.2, 0.25) is 10.0 Å². The van der Waals surface area contributed by atoms with Crippen LogP contribution in [0.15, 0.2) is 72.3 Å². The third-order valence-electron chi connectivity index (χ3n) is 5.04. The number of hydrogen-bond acceptors (Lipinski definition) is 4. The normalized spacial score (nSPS) is 14.4. The summed E-state index contributed by atoms with van der Waals surface area (Å²) in [5.74, 6) is 0.129. The molecule has 1 heterocycles. The van der Waals surface area contributed by atoms with E-state index < -0.39 is 11.8 Å². The van der Waals surface area contributed by atoms with Gasteiger partial charge in [0, 0.05) is 17.0 Å². The van der Waals surface area contributed by atoms with Gasteiger partial charge in [-0.05, 0) is 55.0 Å². The predicted octanol–water partition coefficient (Wildman–Crippen LogP) is 5.61. The van der Waals surface area contributed by atoms with Gasteiger partial charge >= 0.3 is 0 Å². The maximum Gasteiger partial charge on any atom is 0.282 e. The summed E-state index contributed by atoms with van der Waals surface area (Å²) >= 11 is 12.6. The molecule has 2 amide bonds. The molecule has 1 saturated heterocycles. The minimum absolute atomic E-state index is 0.0465. The van der Waals surface area contributed by atoms with E-state index in [-0.39, 0.29) is 10.6 Å². The minimum Gasteiger partial charge on any atom is -0.493 e. The maximum atomic E-state index is 12.9. The second kappa shape index (κ2) is 10.6. The number of rotatable bonds is 8. The second-order valence-electron chi connectivity index (χ2n) is 7.65. The number of carbonyl (C=O) groups is 2. The van der Waals surface area contributed by atoms with Gasteiger partial charge < -0.3 is 9.47 Å². The standard InChI is InChI=1S/C26H22Cl2N2O4/c1-17-7-5-10-21(13-17)33-11-6-12-34-24-18(14-19(27)16-23(24)28)15-22-25(31)29-30(26(22)32)20-8-3-2-4-9-20/h2-5,7-10,13-16H,6,11-12H2,1H3,(H,29,31). The Morgan fingerprint density at radius 1 is 0.941 bits per heavy atom. The van der Waals surface area contributed by atoms with E-state index in [1.54, 1.807) is 36.4 Å². The summed E-state index contributed by atoms with van der Waals surface area (Å²) in [7, 11) is 0. The number of anilines is 1. The first-order valence-corrected chi connectivity index (χ1v) is 11.4. The molecule has 0 unspecified atom stereocenters. The van der Waals surface area contributed by atoms with Crippen molar-refractivity contribution in [2.24, 2.45) is 0 Å². The lowest BCUT2D eigenvalue weighted by molar-refractivity contribution is -0.117. The van der Waals surface area contributed by atoms with Crippen LogP contribution >= 0.6 is 23.2 Å². The van der Waals surface area contributed by atoms with Gasteiger partial charge in [0.2, 0.25) is 0 Å². The average Bonchev–Trinajstić information content (AvgIpc) is 3.09. The zero-order valence-corrected chi connectivity index (χ0v) is 19.9. The van der Waals surface area contributed by atoms with Crippen LogP contribution < -0.4 is 19.9 Å². The summed E-state index contributed by atoms with van der Waals surface area (Å²) in [4.78, 5) is 25.5. The van der Waals surface area contributed by atoms with Crippen molar-refractivity contribution in [1.82, 2.24) is 5.43 Å². The Bertz CT molecular complexity index is 1240. The summed E-state index contributed by atoms with van der Waals surface area (Å²) in [5.41, 5.74) is 4.64. The van der Waals surface area contributed by atoms with Gasteiger partial charge in [0.05, 0.1) is 23.9 Å². The summed E-state index contributed by atoms with van der Waals surface area (Å²) in [6.07, 6.45) is 2.04. The first-order chi connectivity index (χ1) is 16.4. The quantitative estimate of drug-likeness (QED) is 0.250. The average molecular weight is 497 g/mol. The molecule has 0 spiro atoms. The highest BCUT2D eigenvalue weighted by Gasteiger charge is 2.34. The molecule has 0 aromatic heterocycles. The SMILES string of the molecule is Cc1cccc(OCCCOc2c(Cl)cc(Cl)cc2C=C2C(=O)NN(c3ccccc3)C2=O)c1. The van der Waals surface area contributed by atoms with Crippen LogP contribution in [0.1, 0.15) is 17.5 Å². The highest BCUT2D eigenvalue weighted by molar-refractivity contribution is 6.36. The molecule has 1 fully saturated rings. The minimum atomic E-state index is -0.526. The van der Waals surface area contributed by atoms with Crippen molar-refractivity contribution in [2.45, 2.75) is 13.3 Å². The molecule has 1 aliphatic rings. The third-order valence-corrected chi connectivity index (χ3v) is 5.54. The molecule has 0 radical (unpaired) electrons. The largest absolute Gasteiger partial charge is 0.493 e. The van der Waals surface area contributed by atoms with Crippen LogP contribution in [0.4, 0.5) is 5.69 Å². The number of halogens is 2. The number of benzene rings is 3. The Kier molecular flexibility index (Phi) is 7.40. The Morgan fingerprint density at radius 2 is 1.71 bits per heavy atom. The number of hydrazine groups is 1. The van der Waals surface area contributed by atoms with Crippen LogP contribution in [-0.2, 0) is 9.59 Å². The van der Waals surface area contributed by atoms with Crippen molar-refractivity contribution in [3.05, 3.63) is 93.5 Å². The number of hydrogen-bond donors (Lipinski definition) is 1. The van der Waals surface area contributed by atoms with Crippen molar-refractivity contribution < 1.29 is 19.1 Å². The van der Waals surface area contributed by atoms with Crippen molar-refractivity contribution in [3.63, 3.8) is 0 Å². The Morgan fingerprint density at radius 3 is 2.47 bits per heavy atom. The third kappa shape index (κ3) is 5.53. The molecule has 6 nitrogen and oxygen atoms in total. The molecule has 1 aliphatic heterocycles. The van der Waals surface area contributed by atoms with E-state index in [1.807, 2.05) is 37.3 Å². The van der Waals surface area contributed by atoms with Gasteiger partial charge in [0.1, 0.15) is 17.1 Å². The van der Waals surface area contributed by atoms with Gasteiger partial charge in [0.25, 0.3) is 11.8 Å². The summed E-state index contributed by atoms with van der Waals surface area (Å²) < 4.78 is 11.6. The number of nitrogens with one attached hydrogen (secondary N) is 1. The molecule has 0 saturated carbocycles. The predicted molar refractivity (Wildman–Crippen MR) is 133 cm³/mol. The number of para-hydroxylation sites is 1. The summed E-state index contributed by atoms with van der Waals surface area (Å²) in [6.45, 7) is 2.78. The number of nitrogens with zero attached hydrogens (tertiary/aromatic N) is 1. The summed E-state index contributed by atoms with van der Waals surface area (Å²) in [6, 6.07) is 19.8. The monoisotopic (exact) mass is 496 g/mol. The highest BCUT2D eigenvalue weighted by atomic mass is 35.5. The Balaban J connectivity index is 1.47. The van der Waals surface area contributed by atoms with E-state index in [0.717, 1.165) is 11.3 Å². The fourth-order valence-corrected chi connectivity index (χ4v) is 4.00. The lowest BCUT2D eigenvalue weighted by Crippen LogP contribution is -2.35. The lowest BCUT2D eigenvalue weighted by Gasteiger charge is -2.14. The second-order valence-corrected chi connectivity index (χ2v) is 8.49. The number of aryl methyl sites for hydroxylation is 1. The molecule has 3 aromatic carbocycles. The van der Waals surface area contributed by atoms with E-state index in [9.17, 15) is 9.59 Å².